The van der Waals surface area contributed by atoms with Crippen molar-refractivity contribution in [1.29, 1.82) is 0 Å². The lowest BCUT2D eigenvalue weighted by Gasteiger charge is -2.31. The summed E-state index contributed by atoms with van der Waals surface area (Å²) in [4.78, 5) is 13.8. The van der Waals surface area contributed by atoms with Gasteiger partial charge in [-0.15, -0.1) is 0 Å². The normalized spacial score (nSPS) is 13.3. The topological polar surface area (TPSA) is 58.4 Å². The predicted molar refractivity (Wildman–Crippen MR) is 63.1 cm³/mol. The minimum absolute atomic E-state index is 0.0806. The monoisotopic (exact) mass is 215 g/mol. The number of nitrogens with two attached hydrogens (primary N) is 1. The lowest BCUT2D eigenvalue weighted by atomic mass is 10.0. The van der Waals surface area contributed by atoms with E-state index in [0.717, 1.165) is 25.9 Å². The van der Waals surface area contributed by atoms with Crippen LogP contribution >= 0.6 is 0 Å². The largest absolute Gasteiger partial charge is 0.293 e. The third-order valence-electron chi connectivity index (χ3n) is 2.64. The molecule has 90 valence electrons. The van der Waals surface area contributed by atoms with Gasteiger partial charge in [-0.2, -0.15) is 0 Å². The first-order chi connectivity index (χ1) is 7.08. The van der Waals surface area contributed by atoms with Gasteiger partial charge >= 0.3 is 0 Å². The lowest BCUT2D eigenvalue weighted by Crippen LogP contribution is -2.52. The fourth-order valence-electron chi connectivity index (χ4n) is 1.83. The molecule has 0 aromatic rings. The van der Waals surface area contributed by atoms with Gasteiger partial charge in [0, 0.05) is 0 Å². The van der Waals surface area contributed by atoms with E-state index in [0.29, 0.717) is 0 Å². The number of hydrogen-bond acceptors (Lipinski definition) is 3. The maximum atomic E-state index is 11.6. The Balaban J connectivity index is 4.47. The number of nitrogens with zero attached hydrogens (tertiary/aromatic N) is 1. The maximum absolute atomic E-state index is 11.6. The van der Waals surface area contributed by atoms with E-state index >= 15 is 0 Å². The van der Waals surface area contributed by atoms with Gasteiger partial charge in [-0.1, -0.05) is 34.1 Å². The van der Waals surface area contributed by atoms with Crippen molar-refractivity contribution in [2.45, 2.75) is 46.6 Å². The first-order valence-electron chi connectivity index (χ1n) is 5.82. The van der Waals surface area contributed by atoms with Crippen molar-refractivity contribution in [2.24, 2.45) is 11.8 Å². The molecule has 4 heteroatoms. The van der Waals surface area contributed by atoms with E-state index in [1.165, 1.54) is 0 Å². The highest BCUT2D eigenvalue weighted by molar-refractivity contribution is 5.81. The first kappa shape index (κ1) is 14.4. The van der Waals surface area contributed by atoms with E-state index in [1.807, 2.05) is 0 Å². The van der Waals surface area contributed by atoms with Crippen LogP contribution < -0.4 is 11.3 Å². The predicted octanol–water partition coefficient (Wildman–Crippen LogP) is 1.12. The molecule has 0 aliphatic rings. The molecule has 0 saturated heterocycles. The van der Waals surface area contributed by atoms with Gasteiger partial charge < -0.3 is 0 Å². The van der Waals surface area contributed by atoms with E-state index in [4.69, 9.17) is 5.84 Å². The molecule has 0 bridgehead atoms. The summed E-state index contributed by atoms with van der Waals surface area (Å²) < 4.78 is 0. The van der Waals surface area contributed by atoms with Gasteiger partial charge in [0.25, 0.3) is 5.91 Å². The summed E-state index contributed by atoms with van der Waals surface area (Å²) in [7, 11) is 0. The van der Waals surface area contributed by atoms with Crippen LogP contribution in [0.1, 0.15) is 40.5 Å². The Hall–Kier alpha value is -0.610. The summed E-state index contributed by atoms with van der Waals surface area (Å²) in [5.74, 6) is 5.41. The van der Waals surface area contributed by atoms with Crippen molar-refractivity contribution in [1.82, 2.24) is 10.3 Å². The highest BCUT2D eigenvalue weighted by Gasteiger charge is 2.26. The van der Waals surface area contributed by atoms with Crippen molar-refractivity contribution in [3.63, 3.8) is 0 Å². The van der Waals surface area contributed by atoms with Crippen LogP contribution in [0.3, 0.4) is 0 Å². The number of hydrogen-bond donors (Lipinski definition) is 2. The molecular weight excluding hydrogens is 190 g/mol. The number of hydrazine groups is 1. The van der Waals surface area contributed by atoms with Crippen LogP contribution in [0.25, 0.3) is 0 Å². The first-order valence-corrected chi connectivity index (χ1v) is 5.82. The quantitative estimate of drug-likeness (QED) is 0.380. The van der Waals surface area contributed by atoms with Crippen molar-refractivity contribution in [3.8, 4) is 0 Å². The van der Waals surface area contributed by atoms with E-state index in [1.54, 1.807) is 0 Å². The maximum Gasteiger partial charge on any atom is 0.251 e. The van der Waals surface area contributed by atoms with Gasteiger partial charge in [0.15, 0.2) is 0 Å². The molecule has 0 radical (unpaired) electrons. The third-order valence-corrected chi connectivity index (χ3v) is 2.64. The summed E-state index contributed by atoms with van der Waals surface area (Å²) in [6.07, 6.45) is 2.26. The van der Waals surface area contributed by atoms with E-state index in [-0.39, 0.29) is 17.9 Å². The second kappa shape index (κ2) is 7.65. The zero-order valence-electron chi connectivity index (χ0n) is 10.4. The van der Waals surface area contributed by atoms with E-state index < -0.39 is 0 Å². The average Bonchev–Trinajstić information content (AvgIpc) is 2.22. The van der Waals surface area contributed by atoms with Gasteiger partial charge in [0.05, 0.1) is 6.04 Å². The summed E-state index contributed by atoms with van der Waals surface area (Å²) in [6.45, 7) is 10.2. The van der Waals surface area contributed by atoms with Crippen molar-refractivity contribution < 1.29 is 4.79 Å². The molecule has 0 aliphatic heterocycles. The van der Waals surface area contributed by atoms with Crippen LogP contribution in [0.5, 0.6) is 0 Å². The molecule has 0 saturated carbocycles. The van der Waals surface area contributed by atoms with Crippen LogP contribution in [-0.4, -0.2) is 29.9 Å². The fourth-order valence-corrected chi connectivity index (χ4v) is 1.83. The SMILES string of the molecule is CCCCN(CC)C(C(=O)NN)C(C)C. The molecule has 1 atom stereocenters. The number of carbonyl (C=O) groups is 1. The van der Waals surface area contributed by atoms with Crippen LogP contribution in [0.2, 0.25) is 0 Å². The van der Waals surface area contributed by atoms with Gasteiger partial charge in [-0.05, 0) is 25.4 Å². The molecule has 0 aliphatic carbocycles. The standard InChI is InChI=1S/C11H25N3O/c1-5-7-8-14(6-2)10(9(3)4)11(15)13-12/h9-10H,5-8,12H2,1-4H3,(H,13,15). The molecule has 1 unspecified atom stereocenters. The second-order valence-corrected chi connectivity index (χ2v) is 4.18. The second-order valence-electron chi connectivity index (χ2n) is 4.18. The van der Waals surface area contributed by atoms with Crippen molar-refractivity contribution >= 4 is 5.91 Å². The number of nitrogens with one attached hydrogen (secondary N) is 1. The number of amides is 1. The zero-order valence-corrected chi connectivity index (χ0v) is 10.4. The summed E-state index contributed by atoms with van der Waals surface area (Å²) in [5.41, 5.74) is 2.26. The number of carbonyl (C=O) groups excluding carboxylic acids is 1. The van der Waals surface area contributed by atoms with Crippen LogP contribution in [0.4, 0.5) is 0 Å². The Kier molecular flexibility index (Phi) is 7.34. The van der Waals surface area contributed by atoms with Crippen molar-refractivity contribution in [2.75, 3.05) is 13.1 Å². The Labute approximate surface area is 93.2 Å². The van der Waals surface area contributed by atoms with Crippen LogP contribution in [0.15, 0.2) is 0 Å². The molecule has 0 fully saturated rings. The molecular formula is C11H25N3O. The molecule has 15 heavy (non-hydrogen) atoms. The molecule has 0 rings (SSSR count). The van der Waals surface area contributed by atoms with E-state index in [2.05, 4.69) is 38.0 Å². The molecule has 3 N–H and O–H groups in total. The number of likely N-dealkylation sites (N-methyl/N-ethyl adjacent to an activating group) is 1. The highest BCUT2D eigenvalue weighted by Crippen LogP contribution is 2.11. The van der Waals surface area contributed by atoms with Crippen LogP contribution in [-0.2, 0) is 4.79 Å². The van der Waals surface area contributed by atoms with E-state index in [9.17, 15) is 4.79 Å². The molecule has 1 amide bonds. The Bertz CT molecular complexity index is 183. The minimum Gasteiger partial charge on any atom is -0.293 e. The summed E-state index contributed by atoms with van der Waals surface area (Å²) in [6, 6.07) is -0.105. The molecule has 0 aromatic carbocycles. The summed E-state index contributed by atoms with van der Waals surface area (Å²) in [5, 5.41) is 0. The molecule has 0 heterocycles. The van der Waals surface area contributed by atoms with Gasteiger partial charge in [0.1, 0.15) is 0 Å². The molecule has 4 nitrogen and oxygen atoms in total. The van der Waals surface area contributed by atoms with Crippen LogP contribution in [0, 0.1) is 5.92 Å². The lowest BCUT2D eigenvalue weighted by molar-refractivity contribution is -0.128. The number of rotatable bonds is 7. The fraction of sp³-hybridized carbons (Fsp3) is 0.909. The average molecular weight is 215 g/mol. The van der Waals surface area contributed by atoms with Gasteiger partial charge in [-0.25, -0.2) is 5.84 Å². The Morgan fingerprint density at radius 1 is 1.40 bits per heavy atom. The summed E-state index contributed by atoms with van der Waals surface area (Å²) >= 11 is 0. The minimum atomic E-state index is -0.105. The smallest absolute Gasteiger partial charge is 0.251 e. The van der Waals surface area contributed by atoms with Crippen molar-refractivity contribution in [3.05, 3.63) is 0 Å². The Morgan fingerprint density at radius 3 is 2.33 bits per heavy atom. The Morgan fingerprint density at radius 2 is 2.00 bits per heavy atom. The molecule has 0 spiro atoms. The highest BCUT2D eigenvalue weighted by atomic mass is 16.2. The molecule has 0 aromatic heterocycles. The number of unbranched alkanes of at least 4 members (excludes halogenated alkanes) is 1. The van der Waals surface area contributed by atoms with Gasteiger partial charge in [-0.3, -0.25) is 15.1 Å². The van der Waals surface area contributed by atoms with Gasteiger partial charge in [0.2, 0.25) is 0 Å². The zero-order chi connectivity index (χ0) is 11.8. The third kappa shape index (κ3) is 4.62.